The van der Waals surface area contributed by atoms with Crippen molar-refractivity contribution in [2.24, 2.45) is 12.5 Å². The van der Waals surface area contributed by atoms with E-state index in [0.717, 1.165) is 43.8 Å². The maximum Gasteiger partial charge on any atom is 0.216 e. The van der Waals surface area contributed by atoms with E-state index in [9.17, 15) is 5.26 Å². The highest BCUT2D eigenvalue weighted by molar-refractivity contribution is 6.15. The standard InChI is InChI=1S/C35H30FN2O/c1-21-13-15-27-28-16-14-23(19-37)32(26-12-8-10-22-9-6-7-11-25(22)26)34(28)39-33(27)31(21)30-17-24(18-35(2,3)4)29(36)20-38(30)5/h6-17,20H,18H2,1-5H3/q+1/i18D2. The summed E-state index contributed by atoms with van der Waals surface area (Å²) in [6.07, 6.45) is -0.580. The molecule has 0 atom stereocenters. The molecule has 0 saturated carbocycles. The first-order valence-corrected chi connectivity index (χ1v) is 13.0. The third kappa shape index (κ3) is 4.15. The highest BCUT2D eigenvalue weighted by atomic mass is 19.1. The molecule has 0 aliphatic heterocycles. The second-order valence-electron chi connectivity index (χ2n) is 11.1. The van der Waals surface area contributed by atoms with Crippen molar-refractivity contribution in [3.05, 3.63) is 102 Å². The van der Waals surface area contributed by atoms with Gasteiger partial charge in [0.05, 0.1) is 17.2 Å². The van der Waals surface area contributed by atoms with Crippen LogP contribution in [0.3, 0.4) is 0 Å². The number of aryl methyl sites for hydroxylation is 2. The number of aromatic nitrogens is 1. The fourth-order valence-corrected chi connectivity index (χ4v) is 5.49. The number of fused-ring (bicyclic) bond motifs is 4. The first-order valence-electron chi connectivity index (χ1n) is 14.0. The molecule has 0 spiro atoms. The van der Waals surface area contributed by atoms with Crippen LogP contribution >= 0.6 is 0 Å². The van der Waals surface area contributed by atoms with Gasteiger partial charge in [-0.25, -0.2) is 4.39 Å². The van der Waals surface area contributed by atoms with Gasteiger partial charge in [0.2, 0.25) is 11.9 Å². The van der Waals surface area contributed by atoms with Gasteiger partial charge in [-0.05, 0) is 52.7 Å². The van der Waals surface area contributed by atoms with Gasteiger partial charge in [0.25, 0.3) is 0 Å². The molecule has 6 aromatic rings. The molecule has 0 amide bonds. The lowest BCUT2D eigenvalue weighted by Gasteiger charge is -2.18. The molecule has 0 unspecified atom stereocenters. The summed E-state index contributed by atoms with van der Waals surface area (Å²) < 4.78 is 41.3. The van der Waals surface area contributed by atoms with E-state index in [-0.39, 0.29) is 5.56 Å². The normalized spacial score (nSPS) is 13.1. The predicted octanol–water partition coefficient (Wildman–Crippen LogP) is 8.81. The number of benzene rings is 4. The van der Waals surface area contributed by atoms with Crippen molar-refractivity contribution in [2.75, 3.05) is 0 Å². The Morgan fingerprint density at radius 3 is 2.36 bits per heavy atom. The second-order valence-corrected chi connectivity index (χ2v) is 11.1. The van der Waals surface area contributed by atoms with Crippen molar-refractivity contribution in [2.45, 2.75) is 34.1 Å². The fourth-order valence-electron chi connectivity index (χ4n) is 5.49. The van der Waals surface area contributed by atoms with Crippen LogP contribution in [0.1, 0.15) is 40.2 Å². The van der Waals surface area contributed by atoms with Crippen LogP contribution in [-0.2, 0) is 13.4 Å². The molecule has 192 valence electrons. The molecule has 0 bridgehead atoms. The largest absolute Gasteiger partial charge is 0.454 e. The lowest BCUT2D eigenvalue weighted by molar-refractivity contribution is -0.662. The van der Waals surface area contributed by atoms with Gasteiger partial charge in [-0.2, -0.15) is 9.83 Å². The topological polar surface area (TPSA) is 40.8 Å². The molecular formula is C35H30FN2O+. The number of furan rings is 1. The SMILES string of the molecule is [2H]C([2H])(c1cc(-c2c(C)ccc3c2oc2c(-c4cccc5ccccc45)c(C#N)ccc23)[n+](C)cc1F)C(C)(C)C. The van der Waals surface area contributed by atoms with Crippen LogP contribution in [0.15, 0.2) is 83.4 Å². The van der Waals surface area contributed by atoms with Crippen molar-refractivity contribution in [1.29, 1.82) is 5.26 Å². The Morgan fingerprint density at radius 2 is 1.62 bits per heavy atom. The minimum Gasteiger partial charge on any atom is -0.454 e. The summed E-state index contributed by atoms with van der Waals surface area (Å²) in [5.41, 5.74) is 4.87. The molecule has 0 fully saturated rings. The number of nitriles is 1. The fraction of sp³-hybridized carbons (Fsp3) is 0.200. The minimum atomic E-state index is -1.92. The van der Waals surface area contributed by atoms with Crippen LogP contribution in [0.2, 0.25) is 0 Å². The van der Waals surface area contributed by atoms with Gasteiger partial charge in [-0.3, -0.25) is 0 Å². The van der Waals surface area contributed by atoms with Crippen LogP contribution in [0.5, 0.6) is 0 Å². The zero-order valence-electron chi connectivity index (χ0n) is 24.7. The van der Waals surface area contributed by atoms with E-state index in [1.54, 1.807) is 38.5 Å². The van der Waals surface area contributed by atoms with Crippen LogP contribution in [0.25, 0.3) is 55.1 Å². The lowest BCUT2D eigenvalue weighted by atomic mass is 9.87. The summed E-state index contributed by atoms with van der Waals surface area (Å²) in [6, 6.07) is 25.9. The molecule has 0 aliphatic rings. The predicted molar refractivity (Wildman–Crippen MR) is 156 cm³/mol. The van der Waals surface area contributed by atoms with Crippen molar-refractivity contribution in [3.63, 3.8) is 0 Å². The molecule has 0 radical (unpaired) electrons. The van der Waals surface area contributed by atoms with Crippen LogP contribution in [0, 0.1) is 29.5 Å². The third-order valence-corrected chi connectivity index (χ3v) is 7.19. The molecule has 0 saturated heterocycles. The zero-order chi connectivity index (χ0) is 29.3. The Hall–Kier alpha value is -4.49. The average Bonchev–Trinajstić information content (AvgIpc) is 3.30. The number of hydrogen-bond donors (Lipinski definition) is 0. The van der Waals surface area contributed by atoms with Crippen molar-refractivity contribution in [3.8, 4) is 28.5 Å². The van der Waals surface area contributed by atoms with Crippen LogP contribution < -0.4 is 4.57 Å². The highest BCUT2D eigenvalue weighted by Gasteiger charge is 2.26. The van der Waals surface area contributed by atoms with E-state index in [1.807, 2.05) is 73.7 Å². The summed E-state index contributed by atoms with van der Waals surface area (Å²) in [7, 11) is 1.76. The van der Waals surface area contributed by atoms with E-state index in [4.69, 9.17) is 7.16 Å². The Bertz CT molecular complexity index is 2060. The molecule has 2 heterocycles. The van der Waals surface area contributed by atoms with E-state index in [0.29, 0.717) is 22.4 Å². The summed E-state index contributed by atoms with van der Waals surface area (Å²) in [4.78, 5) is 0. The quantitative estimate of drug-likeness (QED) is 0.221. The number of hydrogen-bond acceptors (Lipinski definition) is 2. The smallest absolute Gasteiger partial charge is 0.216 e. The first kappa shape index (κ1) is 22.5. The highest BCUT2D eigenvalue weighted by Crippen LogP contribution is 2.43. The summed E-state index contributed by atoms with van der Waals surface area (Å²) in [5.74, 6) is -0.595. The number of halogens is 1. The monoisotopic (exact) mass is 515 g/mol. The molecule has 3 nitrogen and oxygen atoms in total. The Morgan fingerprint density at radius 1 is 0.923 bits per heavy atom. The van der Waals surface area contributed by atoms with E-state index in [1.165, 1.54) is 6.20 Å². The van der Waals surface area contributed by atoms with Crippen LogP contribution in [-0.4, -0.2) is 0 Å². The van der Waals surface area contributed by atoms with Crippen molar-refractivity contribution >= 4 is 32.7 Å². The van der Waals surface area contributed by atoms with Gasteiger partial charge < -0.3 is 4.42 Å². The minimum absolute atomic E-state index is 0.00817. The molecule has 4 heteroatoms. The van der Waals surface area contributed by atoms with Crippen molar-refractivity contribution < 1.29 is 16.1 Å². The number of nitrogens with zero attached hydrogens (tertiary/aromatic N) is 2. The van der Waals surface area contributed by atoms with Gasteiger partial charge >= 0.3 is 0 Å². The molecule has 4 aromatic carbocycles. The van der Waals surface area contributed by atoms with E-state index < -0.39 is 17.6 Å². The van der Waals surface area contributed by atoms with Gasteiger partial charge in [0.1, 0.15) is 18.2 Å². The Balaban J connectivity index is 1.71. The third-order valence-electron chi connectivity index (χ3n) is 7.19. The van der Waals surface area contributed by atoms with E-state index >= 15 is 4.39 Å². The molecular weight excluding hydrogens is 483 g/mol. The Kier molecular flexibility index (Phi) is 5.23. The van der Waals surface area contributed by atoms with Crippen LogP contribution in [0.4, 0.5) is 4.39 Å². The molecule has 6 rings (SSSR count). The van der Waals surface area contributed by atoms with Gasteiger partial charge in [-0.1, -0.05) is 75.4 Å². The van der Waals surface area contributed by atoms with E-state index in [2.05, 4.69) is 6.07 Å². The lowest BCUT2D eigenvalue weighted by Crippen LogP contribution is -2.32. The number of pyridine rings is 1. The molecule has 0 aliphatic carbocycles. The van der Waals surface area contributed by atoms with Gasteiger partial charge in [0.15, 0.2) is 5.82 Å². The maximum absolute atomic E-state index is 15.3. The molecule has 0 N–H and O–H groups in total. The Labute approximate surface area is 230 Å². The maximum atomic E-state index is 15.3. The second kappa shape index (κ2) is 9.06. The molecule has 2 aromatic heterocycles. The van der Waals surface area contributed by atoms with Gasteiger partial charge in [-0.15, -0.1) is 0 Å². The molecule has 39 heavy (non-hydrogen) atoms. The average molecular weight is 516 g/mol. The summed E-state index contributed by atoms with van der Waals surface area (Å²) >= 11 is 0. The first-order chi connectivity index (χ1) is 19.4. The van der Waals surface area contributed by atoms with Crippen molar-refractivity contribution in [1.82, 2.24) is 0 Å². The summed E-state index contributed by atoms with van der Waals surface area (Å²) in [5, 5.41) is 14.0. The van der Waals surface area contributed by atoms with Gasteiger partial charge in [0, 0.05) is 30.7 Å². The number of rotatable bonds is 3. The zero-order valence-corrected chi connectivity index (χ0v) is 22.7. The summed E-state index contributed by atoms with van der Waals surface area (Å²) in [6.45, 7) is 7.28.